The van der Waals surface area contributed by atoms with E-state index in [1.54, 1.807) is 0 Å². The Labute approximate surface area is 135 Å². The number of hydrogen-bond acceptors (Lipinski definition) is 5. The Morgan fingerprint density at radius 1 is 1.19 bits per heavy atom. The first-order chi connectivity index (χ1) is 6.65. The Morgan fingerprint density at radius 2 is 1.69 bits per heavy atom. The predicted octanol–water partition coefficient (Wildman–Crippen LogP) is -1.54. The molecule has 0 aromatic carbocycles. The average molecular weight is 234 g/mol. The fraction of sp³-hybridized carbons (Fsp3) is 0. The molecule has 0 aromatic rings. The Hall–Kier alpha value is -0.780. The van der Waals surface area contributed by atoms with E-state index in [1.807, 2.05) is 0 Å². The number of nitriles is 3. The van der Waals surface area contributed by atoms with Crippen LogP contribution in [0.5, 0.6) is 0 Å². The zero-order chi connectivity index (χ0) is 10.7. The van der Waals surface area contributed by atoms with Gasteiger partial charge in [0.1, 0.15) is 23.8 Å². The van der Waals surface area contributed by atoms with Crippen LogP contribution in [0.25, 0.3) is 0 Å². The first-order valence-corrected chi connectivity index (χ1v) is 3.35. The molecule has 0 unspecified atom stereocenters. The molecule has 1 heterocycles. The first kappa shape index (κ1) is 17.6. The third-order valence-corrected chi connectivity index (χ3v) is 1.53. The minimum atomic E-state index is -0.889. The summed E-state index contributed by atoms with van der Waals surface area (Å²) in [5, 5.41) is 36.6. The second-order valence-corrected chi connectivity index (χ2v) is 2.26. The molecule has 1 aliphatic rings. The van der Waals surface area contributed by atoms with Gasteiger partial charge >= 0.3 is 59.1 Å². The second kappa shape index (κ2) is 7.49. The van der Waals surface area contributed by atoms with E-state index in [0.29, 0.717) is 0 Å². The fourth-order valence-corrected chi connectivity index (χ4v) is 0.900. The zero-order valence-electron chi connectivity index (χ0n) is 6.70. The summed E-state index contributed by atoms with van der Waals surface area (Å²) in [7, 11) is 0. The van der Waals surface area contributed by atoms with Crippen molar-refractivity contribution in [2.75, 3.05) is 0 Å². The van der Waals surface area contributed by atoms with Crippen molar-refractivity contribution in [1.82, 2.24) is 5.32 Å². The van der Waals surface area contributed by atoms with Crippen LogP contribution in [0.3, 0.4) is 0 Å². The summed E-state index contributed by atoms with van der Waals surface area (Å²) in [5.74, 6) is -1.66. The van der Waals surface area contributed by atoms with Crippen molar-refractivity contribution in [2.45, 2.75) is 0 Å². The Morgan fingerprint density at radius 3 is 2.06 bits per heavy atom. The molecule has 1 amide bonds. The predicted molar refractivity (Wildman–Crippen MR) is 56.0 cm³/mol. The molecule has 0 atom stereocenters. The maximum absolute atomic E-state index is 10.9. The van der Waals surface area contributed by atoms with E-state index in [0.717, 1.165) is 0 Å². The number of aliphatic hydroxyl groups is 1. The van der Waals surface area contributed by atoms with E-state index in [-0.39, 0.29) is 70.4 Å². The topological polar surface area (TPSA) is 121 Å². The van der Waals surface area contributed by atoms with Crippen molar-refractivity contribution in [2.24, 2.45) is 0 Å². The summed E-state index contributed by atoms with van der Waals surface area (Å²) < 4.78 is 0. The molecule has 6 nitrogen and oxygen atoms in total. The number of hydrogen-bond donors (Lipinski definition) is 2. The molecule has 8 heteroatoms. The van der Waals surface area contributed by atoms with Crippen LogP contribution < -0.4 is 5.32 Å². The average Bonchev–Trinajstić information content (AvgIpc) is 2.45. The number of carbonyl (C=O) groups excluding carboxylic acids is 1. The van der Waals surface area contributed by atoms with E-state index < -0.39 is 17.2 Å². The van der Waals surface area contributed by atoms with Gasteiger partial charge in [0.2, 0.25) is 5.76 Å². The molecule has 1 aliphatic heterocycles. The van der Waals surface area contributed by atoms with Crippen LogP contribution in [0.15, 0.2) is 22.6 Å². The monoisotopic (exact) mass is 234 g/mol. The van der Waals surface area contributed by atoms with Crippen LogP contribution >= 0.6 is 0 Å². The number of amides is 1. The Bertz CT molecular complexity index is 486. The van der Waals surface area contributed by atoms with Crippen LogP contribution in [-0.2, 0) is 4.79 Å². The van der Waals surface area contributed by atoms with Crippen LogP contribution in [0.4, 0.5) is 0 Å². The number of carbonyl (C=O) groups is 1. The van der Waals surface area contributed by atoms with Gasteiger partial charge in [-0.1, -0.05) is 0 Å². The molecule has 0 bridgehead atoms. The van der Waals surface area contributed by atoms with Gasteiger partial charge in [-0.25, -0.2) is 0 Å². The van der Waals surface area contributed by atoms with Gasteiger partial charge < -0.3 is 10.4 Å². The second-order valence-electron chi connectivity index (χ2n) is 2.26. The van der Waals surface area contributed by atoms with Gasteiger partial charge in [-0.3, -0.25) is 4.79 Å². The molecule has 0 spiro atoms. The molecule has 1 rings (SSSR count). The molecule has 0 fully saturated rings. The third kappa shape index (κ3) is 3.10. The van der Waals surface area contributed by atoms with Crippen molar-refractivity contribution >= 4 is 65.0 Å². The third-order valence-electron chi connectivity index (χ3n) is 1.53. The van der Waals surface area contributed by atoms with Crippen LogP contribution in [-0.4, -0.2) is 70.1 Å². The molecule has 0 saturated carbocycles. The van der Waals surface area contributed by atoms with Crippen molar-refractivity contribution in [3.63, 3.8) is 0 Å². The molecule has 2 N–H and O–H groups in total. The van der Waals surface area contributed by atoms with E-state index in [4.69, 9.17) is 20.9 Å². The molecular weight excluding hydrogens is 230 g/mol. The van der Waals surface area contributed by atoms with E-state index in [9.17, 15) is 4.79 Å². The van der Waals surface area contributed by atoms with Crippen molar-refractivity contribution in [3.8, 4) is 18.2 Å². The van der Waals surface area contributed by atoms with Gasteiger partial charge in [0, 0.05) is 0 Å². The molecule has 16 heavy (non-hydrogen) atoms. The summed E-state index contributed by atoms with van der Waals surface area (Å²) in [6, 6.07) is 4.54. The Kier molecular flexibility index (Phi) is 8.24. The number of allylic oxidation sites excluding steroid dienone is 2. The van der Waals surface area contributed by atoms with Gasteiger partial charge in [0.25, 0.3) is 5.91 Å². The number of aliphatic hydroxyl groups excluding tert-OH is 1. The molecule has 0 saturated heterocycles. The molecule has 70 valence electrons. The van der Waals surface area contributed by atoms with E-state index >= 15 is 0 Å². The van der Waals surface area contributed by atoms with Gasteiger partial charge in [0.15, 0.2) is 5.57 Å². The van der Waals surface area contributed by atoms with Crippen molar-refractivity contribution in [1.29, 1.82) is 15.8 Å². The van der Waals surface area contributed by atoms with Crippen molar-refractivity contribution < 1.29 is 9.90 Å². The van der Waals surface area contributed by atoms with Crippen LogP contribution in [0.1, 0.15) is 0 Å². The summed E-state index contributed by atoms with van der Waals surface area (Å²) in [6.45, 7) is 0. The molecule has 0 aromatic heterocycles. The summed E-state index contributed by atoms with van der Waals surface area (Å²) in [6.07, 6.45) is 0. The molecular formula is C8H4N4Na2O2. The van der Waals surface area contributed by atoms with Gasteiger partial charge in [-0.05, 0) is 0 Å². The maximum atomic E-state index is 10.9. The SMILES string of the molecule is N#CC(C#N)=C1NC(=O)C(O)=C1C#N.[NaH].[NaH]. The summed E-state index contributed by atoms with van der Waals surface area (Å²) in [5.41, 5.74) is -1.04. The van der Waals surface area contributed by atoms with Gasteiger partial charge in [0.05, 0.1) is 5.70 Å². The summed E-state index contributed by atoms with van der Waals surface area (Å²) in [4.78, 5) is 10.9. The minimum absolute atomic E-state index is 0. The molecule has 0 radical (unpaired) electrons. The van der Waals surface area contributed by atoms with Crippen molar-refractivity contribution in [3.05, 3.63) is 22.6 Å². The van der Waals surface area contributed by atoms with E-state index in [2.05, 4.69) is 5.32 Å². The number of rotatable bonds is 0. The number of nitrogens with zero attached hydrogens (tertiary/aromatic N) is 3. The van der Waals surface area contributed by atoms with Gasteiger partial charge in [-0.15, -0.1) is 0 Å². The standard InChI is InChI=1S/C8H2N4O2.2Na.2H/c9-1-4(2-10)6-5(3-11)7(13)8(14)12-6;;;;/h13H,(H,12,14);;;;. The Balaban J connectivity index is 0. The first-order valence-electron chi connectivity index (χ1n) is 3.35. The number of nitrogens with one attached hydrogen (secondary N) is 1. The van der Waals surface area contributed by atoms with E-state index in [1.165, 1.54) is 18.2 Å². The normalized spacial score (nSPS) is 12.3. The summed E-state index contributed by atoms with van der Waals surface area (Å²) >= 11 is 0. The quantitative estimate of drug-likeness (QED) is 0.388. The molecule has 0 aliphatic carbocycles. The van der Waals surface area contributed by atoms with Gasteiger partial charge in [-0.2, -0.15) is 15.8 Å². The van der Waals surface area contributed by atoms with Crippen LogP contribution in [0, 0.1) is 34.0 Å². The fourth-order valence-electron chi connectivity index (χ4n) is 0.900. The van der Waals surface area contributed by atoms with Crippen LogP contribution in [0.2, 0.25) is 0 Å². The zero-order valence-corrected chi connectivity index (χ0v) is 6.70.